The minimum atomic E-state index is -0.211. The van der Waals surface area contributed by atoms with Gasteiger partial charge in [-0.3, -0.25) is 4.79 Å². The second-order valence-electron chi connectivity index (χ2n) is 9.44. The summed E-state index contributed by atoms with van der Waals surface area (Å²) in [6.45, 7) is 5.22. The highest BCUT2D eigenvalue weighted by atomic mass is 16.5. The Morgan fingerprint density at radius 3 is 1.74 bits per heavy atom. The lowest BCUT2D eigenvalue weighted by Crippen LogP contribution is -2.08. The molecule has 194 valence electrons. The van der Waals surface area contributed by atoms with Crippen LogP contribution in [0.15, 0.2) is 36.7 Å². The molecule has 0 amide bonds. The van der Waals surface area contributed by atoms with E-state index in [-0.39, 0.29) is 5.97 Å². The van der Waals surface area contributed by atoms with E-state index < -0.39 is 0 Å². The number of hydrogen-bond donors (Lipinski definition) is 0. The van der Waals surface area contributed by atoms with E-state index in [1.165, 1.54) is 77.0 Å². The first-order valence-electron chi connectivity index (χ1n) is 14.0. The zero-order valence-electron chi connectivity index (χ0n) is 22.1. The van der Waals surface area contributed by atoms with Gasteiger partial charge in [-0.25, -0.2) is 9.97 Å². The largest absolute Gasteiger partial charge is 0.494 e. The maximum absolute atomic E-state index is 12.1. The number of esters is 1. The molecule has 35 heavy (non-hydrogen) atoms. The zero-order valence-corrected chi connectivity index (χ0v) is 22.1. The van der Waals surface area contributed by atoms with Gasteiger partial charge in [0.2, 0.25) is 0 Å². The average molecular weight is 483 g/mol. The Morgan fingerprint density at radius 2 is 1.17 bits per heavy atom. The molecule has 0 N–H and O–H groups in total. The molecule has 0 spiro atoms. The maximum atomic E-state index is 12.1. The summed E-state index contributed by atoms with van der Waals surface area (Å²) < 4.78 is 11.2. The normalized spacial score (nSPS) is 10.9. The van der Waals surface area contributed by atoms with Gasteiger partial charge < -0.3 is 9.47 Å². The van der Waals surface area contributed by atoms with Gasteiger partial charge in [0.05, 0.1) is 19.0 Å². The van der Waals surface area contributed by atoms with E-state index in [1.54, 1.807) is 12.4 Å². The molecule has 0 bridgehead atoms. The number of nitrogens with zero attached hydrogens (tertiary/aromatic N) is 2. The Kier molecular flexibility index (Phi) is 15.5. The predicted octanol–water partition coefficient (Wildman–Crippen LogP) is 8.71. The second kappa shape index (κ2) is 18.8. The highest BCUT2D eigenvalue weighted by Crippen LogP contribution is 2.21. The van der Waals surface area contributed by atoms with Crippen LogP contribution in [0.3, 0.4) is 0 Å². The van der Waals surface area contributed by atoms with E-state index in [0.717, 1.165) is 37.2 Å². The molecule has 0 saturated heterocycles. The van der Waals surface area contributed by atoms with E-state index in [4.69, 9.17) is 9.47 Å². The molecule has 0 aliphatic rings. The summed E-state index contributed by atoms with van der Waals surface area (Å²) in [5.41, 5.74) is 0.906. The topological polar surface area (TPSA) is 61.3 Å². The maximum Gasteiger partial charge on any atom is 0.311 e. The van der Waals surface area contributed by atoms with Crippen molar-refractivity contribution in [1.82, 2.24) is 9.97 Å². The van der Waals surface area contributed by atoms with E-state index in [0.29, 0.717) is 18.0 Å². The first-order chi connectivity index (χ1) is 17.2. The molecule has 0 aliphatic carbocycles. The Balaban J connectivity index is 1.60. The molecule has 2 rings (SSSR count). The van der Waals surface area contributed by atoms with Crippen molar-refractivity contribution in [3.63, 3.8) is 0 Å². The predicted molar refractivity (Wildman–Crippen MR) is 144 cm³/mol. The third-order valence-corrected chi connectivity index (χ3v) is 6.22. The molecule has 1 aromatic carbocycles. The zero-order chi connectivity index (χ0) is 25.0. The minimum absolute atomic E-state index is 0.211. The number of rotatable bonds is 20. The molecular weight excluding hydrogens is 436 g/mol. The van der Waals surface area contributed by atoms with Crippen LogP contribution in [0.1, 0.15) is 117 Å². The summed E-state index contributed by atoms with van der Waals surface area (Å²) in [7, 11) is 0. The van der Waals surface area contributed by atoms with Crippen molar-refractivity contribution in [3.8, 4) is 22.9 Å². The van der Waals surface area contributed by atoms with E-state index >= 15 is 0 Å². The number of unbranched alkanes of at least 4 members (excludes halogenated alkanes) is 13. The Hall–Kier alpha value is -2.43. The summed E-state index contributed by atoms with van der Waals surface area (Å²) in [5.74, 6) is 1.65. The molecule has 0 saturated carbocycles. The molecule has 5 heteroatoms. The molecule has 0 radical (unpaired) electrons. The van der Waals surface area contributed by atoms with Gasteiger partial charge in [-0.15, -0.1) is 0 Å². The minimum Gasteiger partial charge on any atom is -0.494 e. The molecule has 2 aromatic rings. The molecule has 0 unspecified atom stereocenters. The second-order valence-corrected chi connectivity index (χ2v) is 9.44. The summed E-state index contributed by atoms with van der Waals surface area (Å²) in [4.78, 5) is 20.8. The number of ether oxygens (including phenoxy) is 2. The summed E-state index contributed by atoms with van der Waals surface area (Å²) in [6.07, 6.45) is 22.2. The summed E-state index contributed by atoms with van der Waals surface area (Å²) in [6, 6.07) is 7.81. The van der Waals surface area contributed by atoms with Crippen molar-refractivity contribution in [2.45, 2.75) is 117 Å². The fourth-order valence-corrected chi connectivity index (χ4v) is 4.05. The lowest BCUT2D eigenvalue weighted by molar-refractivity contribution is -0.134. The number of carbonyl (C=O) groups excluding carboxylic acids is 1. The van der Waals surface area contributed by atoms with Gasteiger partial charge >= 0.3 is 5.97 Å². The Labute approximate surface area is 213 Å². The summed E-state index contributed by atoms with van der Waals surface area (Å²) >= 11 is 0. The van der Waals surface area contributed by atoms with Crippen molar-refractivity contribution in [2.24, 2.45) is 0 Å². The van der Waals surface area contributed by atoms with Crippen molar-refractivity contribution in [3.05, 3.63) is 36.7 Å². The van der Waals surface area contributed by atoms with E-state index in [9.17, 15) is 4.79 Å². The highest BCUT2D eigenvalue weighted by molar-refractivity contribution is 5.72. The Morgan fingerprint density at radius 1 is 0.657 bits per heavy atom. The molecule has 0 fully saturated rings. The molecule has 0 atom stereocenters. The summed E-state index contributed by atoms with van der Waals surface area (Å²) in [5, 5.41) is 0. The van der Waals surface area contributed by atoms with Crippen LogP contribution in [0.25, 0.3) is 11.4 Å². The van der Waals surface area contributed by atoms with Gasteiger partial charge in [0.1, 0.15) is 5.75 Å². The van der Waals surface area contributed by atoms with E-state index in [1.807, 2.05) is 24.3 Å². The lowest BCUT2D eigenvalue weighted by atomic mass is 10.1. The third kappa shape index (κ3) is 13.3. The molecule has 5 nitrogen and oxygen atoms in total. The first kappa shape index (κ1) is 28.8. The van der Waals surface area contributed by atoms with Gasteiger partial charge in [0.25, 0.3) is 0 Å². The van der Waals surface area contributed by atoms with Crippen molar-refractivity contribution < 1.29 is 14.3 Å². The van der Waals surface area contributed by atoms with Crippen molar-refractivity contribution in [2.75, 3.05) is 6.61 Å². The Bertz CT molecular complexity index is 790. The fraction of sp³-hybridized carbons (Fsp3) is 0.633. The van der Waals surface area contributed by atoms with Crippen LogP contribution in [-0.2, 0) is 4.79 Å². The van der Waals surface area contributed by atoms with Gasteiger partial charge in [-0.1, -0.05) is 97.3 Å². The van der Waals surface area contributed by atoms with E-state index in [2.05, 4.69) is 23.8 Å². The highest BCUT2D eigenvalue weighted by Gasteiger charge is 2.07. The standard InChI is InChI=1S/C30H46N2O3/c1-3-5-7-9-10-11-12-13-14-16-18-29(33)35-28-24-31-30(32-25-28)26-19-21-27(22-20-26)34-23-17-15-8-6-4-2/h19-22,24-25H,3-18,23H2,1-2H3. The van der Waals surface area contributed by atoms with Gasteiger partial charge in [0, 0.05) is 12.0 Å². The molecular formula is C30H46N2O3. The smallest absolute Gasteiger partial charge is 0.311 e. The van der Waals surface area contributed by atoms with Crippen LogP contribution in [0.5, 0.6) is 11.5 Å². The monoisotopic (exact) mass is 482 g/mol. The molecule has 1 aromatic heterocycles. The van der Waals surface area contributed by atoms with Gasteiger partial charge in [0.15, 0.2) is 11.6 Å². The van der Waals surface area contributed by atoms with Crippen molar-refractivity contribution in [1.29, 1.82) is 0 Å². The van der Waals surface area contributed by atoms with Crippen LogP contribution in [0.4, 0.5) is 0 Å². The number of benzene rings is 1. The van der Waals surface area contributed by atoms with Gasteiger partial charge in [-0.05, 0) is 37.1 Å². The SMILES string of the molecule is CCCCCCCCCCCCC(=O)Oc1cnc(-c2ccc(OCCCCCCC)cc2)nc1. The van der Waals surface area contributed by atoms with Crippen LogP contribution in [0.2, 0.25) is 0 Å². The molecule has 1 heterocycles. The van der Waals surface area contributed by atoms with Crippen LogP contribution in [0, 0.1) is 0 Å². The third-order valence-electron chi connectivity index (χ3n) is 6.22. The quantitative estimate of drug-likeness (QED) is 0.139. The number of carbonyl (C=O) groups is 1. The number of hydrogen-bond acceptors (Lipinski definition) is 5. The molecule has 0 aliphatic heterocycles. The number of aromatic nitrogens is 2. The first-order valence-corrected chi connectivity index (χ1v) is 14.0. The van der Waals surface area contributed by atoms with Crippen LogP contribution >= 0.6 is 0 Å². The van der Waals surface area contributed by atoms with Gasteiger partial charge in [-0.2, -0.15) is 0 Å². The fourth-order valence-electron chi connectivity index (χ4n) is 4.05. The average Bonchev–Trinajstić information content (AvgIpc) is 2.88. The van der Waals surface area contributed by atoms with Crippen molar-refractivity contribution >= 4 is 5.97 Å². The van der Waals surface area contributed by atoms with Crippen LogP contribution < -0.4 is 9.47 Å². The van der Waals surface area contributed by atoms with Crippen LogP contribution in [-0.4, -0.2) is 22.5 Å². The lowest BCUT2D eigenvalue weighted by Gasteiger charge is -2.07.